The van der Waals surface area contributed by atoms with Gasteiger partial charge >= 0.3 is 7.82 Å². The lowest BCUT2D eigenvalue weighted by Gasteiger charge is -2.25. The molecule has 8 nitrogen and oxygen atoms in total. The van der Waals surface area contributed by atoms with Crippen molar-refractivity contribution in [3.05, 3.63) is 60.8 Å². The molecule has 0 aromatic heterocycles. The molecule has 9 heteroatoms. The number of rotatable bonds is 72. The van der Waals surface area contributed by atoms with Crippen LogP contribution in [0.3, 0.4) is 0 Å². The number of nitrogens with zero attached hydrogens (tertiary/aromatic N) is 1. The van der Waals surface area contributed by atoms with Crippen molar-refractivity contribution in [1.29, 1.82) is 0 Å². The van der Waals surface area contributed by atoms with E-state index in [4.69, 9.17) is 9.05 Å². The number of carbonyl (C=O) groups excluding carboxylic acids is 1. The van der Waals surface area contributed by atoms with Gasteiger partial charge in [0.2, 0.25) is 5.91 Å². The number of quaternary nitrogens is 1. The SMILES string of the molecule is CCCCCCC/C=C\C/C=C\CCCCCCCCCCCCCCCCCCCCCCCCCC(=O)NC(COP(=O)(O)OCC[N+](C)(C)C)C(O)/C=C/CC/C=C/CC/C=C/CCCCCCCCCCCCCCCCCCCCCCC. The van der Waals surface area contributed by atoms with Gasteiger partial charge in [0.05, 0.1) is 39.9 Å². The van der Waals surface area contributed by atoms with Gasteiger partial charge in [0.1, 0.15) is 13.2 Å². The molecule has 3 N–H and O–H groups in total. The first-order valence-corrected chi connectivity index (χ1v) is 40.2. The maximum Gasteiger partial charge on any atom is 0.472 e. The minimum absolute atomic E-state index is 0.0540. The second-order valence-electron chi connectivity index (χ2n) is 27.7. The van der Waals surface area contributed by atoms with Crippen LogP contribution in [0.2, 0.25) is 0 Å². The van der Waals surface area contributed by atoms with Gasteiger partial charge in [-0.15, -0.1) is 0 Å². The summed E-state index contributed by atoms with van der Waals surface area (Å²) in [5.41, 5.74) is 0. The van der Waals surface area contributed by atoms with Crippen LogP contribution in [0, 0.1) is 0 Å². The topological polar surface area (TPSA) is 105 Å². The van der Waals surface area contributed by atoms with Gasteiger partial charge in [0, 0.05) is 6.42 Å². The molecule has 0 radical (unpaired) electrons. The van der Waals surface area contributed by atoms with Crippen molar-refractivity contribution in [2.75, 3.05) is 40.9 Å². The lowest BCUT2D eigenvalue weighted by Crippen LogP contribution is -2.45. The Kier molecular flexibility index (Phi) is 68.1. The fourth-order valence-corrected chi connectivity index (χ4v) is 12.4. The fraction of sp³-hybridized carbons (Fsp3) is 0.861. The highest BCUT2D eigenvalue weighted by molar-refractivity contribution is 7.47. The highest BCUT2D eigenvalue weighted by atomic mass is 31.2. The predicted octanol–water partition coefficient (Wildman–Crippen LogP) is 25.1. The van der Waals surface area contributed by atoms with E-state index < -0.39 is 20.0 Å². The Morgan fingerprint density at radius 1 is 0.386 bits per heavy atom. The Morgan fingerprint density at radius 3 is 0.977 bits per heavy atom. The summed E-state index contributed by atoms with van der Waals surface area (Å²) in [5, 5.41) is 14.0. The van der Waals surface area contributed by atoms with E-state index in [1.54, 1.807) is 6.08 Å². The summed E-state index contributed by atoms with van der Waals surface area (Å²) in [6.45, 7) is 4.83. The molecule has 0 spiro atoms. The standard InChI is InChI=1S/C79H151N2O6P/c1-6-8-10-12-14-16-18-20-22-24-26-28-30-32-34-36-38-39-40-41-43-45-47-49-51-53-55-57-59-61-63-65-67-69-71-73-79(83)80-77(76-87-88(84,85)86-75-74-81(3,4)5)78(82)72-70-68-66-64-62-60-58-56-54-52-50-48-46-44-42-37-35-33-31-29-27-25-23-21-19-17-15-13-11-9-7-2/h18,20,24,26,54,56,62,64,70,72,77-78,82H,6-17,19,21-23,25,27-53,55,57-61,63,65-69,71,73-76H2,1-5H3,(H-,80,83,84,85)/p+1/b20-18-,26-24-,56-54+,64-62+,72-70+. The second kappa shape index (κ2) is 69.5. The van der Waals surface area contributed by atoms with Crippen LogP contribution in [0.25, 0.3) is 0 Å². The van der Waals surface area contributed by atoms with Crippen LogP contribution in [0.5, 0.6) is 0 Å². The molecule has 0 heterocycles. The van der Waals surface area contributed by atoms with Crippen LogP contribution in [0.4, 0.5) is 0 Å². The lowest BCUT2D eigenvalue weighted by molar-refractivity contribution is -0.870. The lowest BCUT2D eigenvalue weighted by atomic mass is 10.0. The molecule has 0 fully saturated rings. The smallest absolute Gasteiger partial charge is 0.387 e. The molecule has 1 amide bonds. The molecular weight excluding hydrogens is 1100 g/mol. The highest BCUT2D eigenvalue weighted by Gasteiger charge is 2.28. The van der Waals surface area contributed by atoms with Gasteiger partial charge in [-0.05, 0) is 77.0 Å². The number of likely N-dealkylation sites (N-methyl/N-ethyl adjacent to an activating group) is 1. The summed E-state index contributed by atoms with van der Waals surface area (Å²) >= 11 is 0. The number of unbranched alkanes of at least 4 members (excludes halogenated alkanes) is 51. The Labute approximate surface area is 549 Å². The Balaban J connectivity index is 4.03. The molecule has 0 aliphatic rings. The number of nitrogens with one attached hydrogen (secondary N) is 1. The first-order chi connectivity index (χ1) is 43.0. The van der Waals surface area contributed by atoms with E-state index in [1.807, 2.05) is 27.2 Å². The second-order valence-corrected chi connectivity index (χ2v) is 29.2. The van der Waals surface area contributed by atoms with Crippen LogP contribution >= 0.6 is 7.82 Å². The van der Waals surface area contributed by atoms with E-state index in [-0.39, 0.29) is 19.1 Å². The third kappa shape index (κ3) is 71.6. The van der Waals surface area contributed by atoms with Crippen molar-refractivity contribution in [3.63, 3.8) is 0 Å². The molecule has 88 heavy (non-hydrogen) atoms. The quantitative estimate of drug-likeness (QED) is 0.0243. The van der Waals surface area contributed by atoms with E-state index in [0.717, 1.165) is 51.4 Å². The molecule has 3 atom stereocenters. The molecule has 0 aromatic carbocycles. The summed E-state index contributed by atoms with van der Waals surface area (Å²) < 4.78 is 23.8. The Hall–Kier alpha value is -1.80. The third-order valence-corrected chi connectivity index (χ3v) is 18.7. The zero-order valence-electron chi connectivity index (χ0n) is 59.5. The first-order valence-electron chi connectivity index (χ1n) is 38.7. The number of aliphatic hydroxyl groups is 1. The van der Waals surface area contributed by atoms with Crippen molar-refractivity contribution in [3.8, 4) is 0 Å². The Bertz CT molecular complexity index is 1620. The fourth-order valence-electron chi connectivity index (χ4n) is 11.7. The minimum Gasteiger partial charge on any atom is -0.387 e. The largest absolute Gasteiger partial charge is 0.472 e. The summed E-state index contributed by atoms with van der Waals surface area (Å²) in [6.07, 6.45) is 97.0. The van der Waals surface area contributed by atoms with Crippen molar-refractivity contribution in [2.45, 2.75) is 398 Å². The molecular formula is C79H152N2O6P+. The summed E-state index contributed by atoms with van der Waals surface area (Å²) in [5.74, 6) is -0.184. The molecule has 0 aliphatic heterocycles. The van der Waals surface area contributed by atoms with Crippen molar-refractivity contribution in [1.82, 2.24) is 5.32 Å². The van der Waals surface area contributed by atoms with Gasteiger partial charge in [-0.2, -0.15) is 0 Å². The average Bonchev–Trinajstić information content (AvgIpc) is 3.64. The van der Waals surface area contributed by atoms with E-state index in [1.165, 1.54) is 315 Å². The van der Waals surface area contributed by atoms with Crippen LogP contribution < -0.4 is 5.32 Å². The number of phosphoric acid groups is 1. The van der Waals surface area contributed by atoms with Crippen LogP contribution in [0.1, 0.15) is 386 Å². The molecule has 0 aliphatic carbocycles. The molecule has 518 valence electrons. The van der Waals surface area contributed by atoms with Gasteiger partial charge in [-0.1, -0.05) is 364 Å². The Morgan fingerprint density at radius 2 is 0.659 bits per heavy atom. The molecule has 0 aromatic rings. The van der Waals surface area contributed by atoms with Gasteiger partial charge in [0.15, 0.2) is 0 Å². The zero-order chi connectivity index (χ0) is 64.1. The molecule has 0 rings (SSSR count). The van der Waals surface area contributed by atoms with E-state index in [2.05, 4.69) is 67.8 Å². The number of phosphoric ester groups is 1. The van der Waals surface area contributed by atoms with E-state index in [0.29, 0.717) is 17.4 Å². The monoisotopic (exact) mass is 1260 g/mol. The maximum atomic E-state index is 13.1. The molecule has 0 saturated heterocycles. The highest BCUT2D eigenvalue weighted by Crippen LogP contribution is 2.43. The van der Waals surface area contributed by atoms with Crippen LogP contribution in [-0.2, 0) is 18.4 Å². The van der Waals surface area contributed by atoms with Gasteiger partial charge in [0.25, 0.3) is 0 Å². The summed E-state index contributed by atoms with van der Waals surface area (Å²) in [6, 6.07) is -0.872. The average molecular weight is 1260 g/mol. The normalized spacial score (nSPS) is 13.9. The zero-order valence-corrected chi connectivity index (χ0v) is 60.4. The molecule has 0 bridgehead atoms. The third-order valence-electron chi connectivity index (χ3n) is 17.7. The number of carbonyl (C=O) groups is 1. The van der Waals surface area contributed by atoms with Crippen LogP contribution in [0.15, 0.2) is 60.8 Å². The number of amides is 1. The van der Waals surface area contributed by atoms with E-state index in [9.17, 15) is 19.4 Å². The predicted molar refractivity (Wildman–Crippen MR) is 387 cm³/mol. The molecule has 0 saturated carbocycles. The summed E-state index contributed by atoms with van der Waals surface area (Å²) in [4.78, 5) is 23.5. The minimum atomic E-state index is -4.37. The number of allylic oxidation sites excluding steroid dienone is 9. The van der Waals surface area contributed by atoms with Crippen LogP contribution in [-0.4, -0.2) is 73.4 Å². The number of hydrogen-bond donors (Lipinski definition) is 3. The molecule has 3 unspecified atom stereocenters. The van der Waals surface area contributed by atoms with Gasteiger partial charge in [-0.25, -0.2) is 4.57 Å². The maximum absolute atomic E-state index is 13.1. The van der Waals surface area contributed by atoms with Gasteiger partial charge in [-0.3, -0.25) is 13.8 Å². The van der Waals surface area contributed by atoms with E-state index >= 15 is 0 Å². The van der Waals surface area contributed by atoms with Crippen molar-refractivity contribution in [2.24, 2.45) is 0 Å². The number of aliphatic hydroxyl groups excluding tert-OH is 1. The first kappa shape index (κ1) is 86.2. The summed E-state index contributed by atoms with van der Waals surface area (Å²) in [7, 11) is 1.56. The van der Waals surface area contributed by atoms with Crippen molar-refractivity contribution >= 4 is 13.7 Å². The van der Waals surface area contributed by atoms with Crippen molar-refractivity contribution < 1.29 is 32.9 Å². The van der Waals surface area contributed by atoms with Gasteiger partial charge < -0.3 is 19.8 Å². The number of hydrogen-bond acceptors (Lipinski definition) is 5.